The summed E-state index contributed by atoms with van der Waals surface area (Å²) in [6, 6.07) is 0.752. The maximum absolute atomic E-state index is 11.4. The standard InChI is InChI=1S/C14H25NO2/c1-10(2)15(9-11-7-8-11)13-6-4-3-5-12(13)14(16)17/h10-13H,3-9H2,1-2H3,(H,16,17). The van der Waals surface area contributed by atoms with Crippen LogP contribution in [0.15, 0.2) is 0 Å². The van der Waals surface area contributed by atoms with Gasteiger partial charge in [0.05, 0.1) is 5.92 Å². The van der Waals surface area contributed by atoms with Gasteiger partial charge in [-0.25, -0.2) is 0 Å². The van der Waals surface area contributed by atoms with E-state index in [0.717, 1.165) is 31.7 Å². The lowest BCUT2D eigenvalue weighted by Gasteiger charge is -2.40. The number of rotatable bonds is 5. The van der Waals surface area contributed by atoms with Crippen molar-refractivity contribution in [2.75, 3.05) is 6.54 Å². The fourth-order valence-corrected chi connectivity index (χ4v) is 3.12. The number of hydrogen-bond donors (Lipinski definition) is 1. The van der Waals surface area contributed by atoms with E-state index < -0.39 is 5.97 Å². The number of carboxylic acids is 1. The largest absolute Gasteiger partial charge is 0.481 e. The smallest absolute Gasteiger partial charge is 0.308 e. The Morgan fingerprint density at radius 2 is 1.88 bits per heavy atom. The molecule has 3 heteroatoms. The highest BCUT2D eigenvalue weighted by Crippen LogP contribution is 2.35. The predicted octanol–water partition coefficient (Wildman–Crippen LogP) is 2.75. The fraction of sp³-hybridized carbons (Fsp3) is 0.929. The van der Waals surface area contributed by atoms with Crippen molar-refractivity contribution in [3.63, 3.8) is 0 Å². The zero-order valence-electron chi connectivity index (χ0n) is 11.1. The van der Waals surface area contributed by atoms with Gasteiger partial charge in [-0.3, -0.25) is 9.69 Å². The van der Waals surface area contributed by atoms with E-state index in [2.05, 4.69) is 18.7 Å². The van der Waals surface area contributed by atoms with Crippen molar-refractivity contribution in [1.29, 1.82) is 0 Å². The van der Waals surface area contributed by atoms with Gasteiger partial charge in [-0.05, 0) is 45.4 Å². The van der Waals surface area contributed by atoms with Crippen LogP contribution in [0.2, 0.25) is 0 Å². The third-order valence-electron chi connectivity index (χ3n) is 4.30. The third-order valence-corrected chi connectivity index (χ3v) is 4.30. The average Bonchev–Trinajstić information content (AvgIpc) is 3.09. The van der Waals surface area contributed by atoms with Crippen LogP contribution in [-0.4, -0.2) is 34.6 Å². The predicted molar refractivity (Wildman–Crippen MR) is 67.9 cm³/mol. The average molecular weight is 239 g/mol. The van der Waals surface area contributed by atoms with Crippen LogP contribution in [0.4, 0.5) is 0 Å². The first kappa shape index (κ1) is 12.9. The zero-order valence-corrected chi connectivity index (χ0v) is 11.1. The first-order chi connectivity index (χ1) is 8.09. The molecule has 2 aliphatic rings. The lowest BCUT2D eigenvalue weighted by atomic mass is 9.83. The molecule has 2 saturated carbocycles. The van der Waals surface area contributed by atoms with Crippen molar-refractivity contribution in [3.05, 3.63) is 0 Å². The van der Waals surface area contributed by atoms with Gasteiger partial charge in [-0.2, -0.15) is 0 Å². The van der Waals surface area contributed by atoms with E-state index in [9.17, 15) is 9.90 Å². The van der Waals surface area contributed by atoms with E-state index in [4.69, 9.17) is 0 Å². The Kier molecular flexibility index (Phi) is 4.08. The van der Waals surface area contributed by atoms with Crippen LogP contribution in [0.1, 0.15) is 52.4 Å². The van der Waals surface area contributed by atoms with Crippen molar-refractivity contribution >= 4 is 5.97 Å². The molecule has 0 aliphatic heterocycles. The van der Waals surface area contributed by atoms with Gasteiger partial charge in [0.15, 0.2) is 0 Å². The van der Waals surface area contributed by atoms with E-state index in [1.165, 1.54) is 19.3 Å². The van der Waals surface area contributed by atoms with Crippen LogP contribution in [0.25, 0.3) is 0 Å². The monoisotopic (exact) mass is 239 g/mol. The summed E-state index contributed by atoms with van der Waals surface area (Å²) in [7, 11) is 0. The molecule has 0 aromatic carbocycles. The van der Waals surface area contributed by atoms with Crippen molar-refractivity contribution < 1.29 is 9.90 Å². The molecule has 2 rings (SSSR count). The van der Waals surface area contributed by atoms with Gasteiger partial charge in [-0.1, -0.05) is 12.8 Å². The minimum Gasteiger partial charge on any atom is -0.481 e. The molecule has 3 nitrogen and oxygen atoms in total. The summed E-state index contributed by atoms with van der Waals surface area (Å²) in [5.41, 5.74) is 0. The highest BCUT2D eigenvalue weighted by Gasteiger charge is 2.38. The van der Waals surface area contributed by atoms with E-state index >= 15 is 0 Å². The summed E-state index contributed by atoms with van der Waals surface area (Å²) in [4.78, 5) is 13.8. The summed E-state index contributed by atoms with van der Waals surface area (Å²) >= 11 is 0. The molecule has 2 fully saturated rings. The molecule has 98 valence electrons. The van der Waals surface area contributed by atoms with Crippen molar-refractivity contribution in [1.82, 2.24) is 4.90 Å². The SMILES string of the molecule is CC(C)N(CC1CC1)C1CCCCC1C(=O)O. The second kappa shape index (κ2) is 5.38. The fourth-order valence-electron chi connectivity index (χ4n) is 3.12. The zero-order chi connectivity index (χ0) is 12.4. The Morgan fingerprint density at radius 1 is 1.24 bits per heavy atom. The normalized spacial score (nSPS) is 29.9. The molecular weight excluding hydrogens is 214 g/mol. The van der Waals surface area contributed by atoms with Gasteiger partial charge in [0.1, 0.15) is 0 Å². The summed E-state index contributed by atoms with van der Waals surface area (Å²) < 4.78 is 0. The first-order valence-electron chi connectivity index (χ1n) is 7.08. The van der Waals surface area contributed by atoms with E-state index in [1.54, 1.807) is 0 Å². The summed E-state index contributed by atoms with van der Waals surface area (Å²) in [5.74, 6) is 0.120. The van der Waals surface area contributed by atoms with Gasteiger partial charge >= 0.3 is 5.97 Å². The van der Waals surface area contributed by atoms with Crippen molar-refractivity contribution in [2.24, 2.45) is 11.8 Å². The van der Waals surface area contributed by atoms with Gasteiger partial charge in [0.2, 0.25) is 0 Å². The van der Waals surface area contributed by atoms with Gasteiger partial charge in [0.25, 0.3) is 0 Å². The molecule has 0 spiro atoms. The maximum Gasteiger partial charge on any atom is 0.308 e. The highest BCUT2D eigenvalue weighted by molar-refractivity contribution is 5.71. The minimum absolute atomic E-state index is 0.134. The van der Waals surface area contributed by atoms with Gasteiger partial charge in [0, 0.05) is 18.6 Å². The Balaban J connectivity index is 2.05. The molecule has 0 heterocycles. The lowest BCUT2D eigenvalue weighted by Crippen LogP contribution is -2.49. The van der Waals surface area contributed by atoms with Crippen LogP contribution in [-0.2, 0) is 4.79 Å². The molecule has 0 aromatic heterocycles. The van der Waals surface area contributed by atoms with Crippen LogP contribution in [0.3, 0.4) is 0 Å². The summed E-state index contributed by atoms with van der Waals surface area (Å²) in [5, 5.41) is 9.36. The molecule has 0 saturated heterocycles. The minimum atomic E-state index is -0.587. The number of carboxylic acid groups (broad SMARTS) is 1. The molecule has 2 unspecified atom stereocenters. The molecule has 0 bridgehead atoms. The molecule has 2 atom stereocenters. The van der Waals surface area contributed by atoms with Gasteiger partial charge in [-0.15, -0.1) is 0 Å². The number of hydrogen-bond acceptors (Lipinski definition) is 2. The molecule has 0 aromatic rings. The van der Waals surface area contributed by atoms with Crippen LogP contribution < -0.4 is 0 Å². The number of aliphatic carboxylic acids is 1. The number of carbonyl (C=O) groups is 1. The Morgan fingerprint density at radius 3 is 2.41 bits per heavy atom. The van der Waals surface area contributed by atoms with Gasteiger partial charge < -0.3 is 5.11 Å². The Bertz CT molecular complexity index is 273. The maximum atomic E-state index is 11.4. The number of nitrogens with zero attached hydrogens (tertiary/aromatic N) is 1. The van der Waals surface area contributed by atoms with Crippen LogP contribution in [0.5, 0.6) is 0 Å². The second-order valence-corrected chi connectivity index (χ2v) is 6.03. The van der Waals surface area contributed by atoms with Crippen LogP contribution in [0, 0.1) is 11.8 Å². The van der Waals surface area contributed by atoms with E-state index in [-0.39, 0.29) is 12.0 Å². The third kappa shape index (κ3) is 3.21. The summed E-state index contributed by atoms with van der Waals surface area (Å²) in [6.45, 7) is 5.53. The topological polar surface area (TPSA) is 40.5 Å². The quantitative estimate of drug-likeness (QED) is 0.802. The lowest BCUT2D eigenvalue weighted by molar-refractivity contribution is -0.146. The molecule has 17 heavy (non-hydrogen) atoms. The first-order valence-corrected chi connectivity index (χ1v) is 7.08. The Labute approximate surface area is 104 Å². The van der Waals surface area contributed by atoms with E-state index in [1.807, 2.05) is 0 Å². The van der Waals surface area contributed by atoms with E-state index in [0.29, 0.717) is 6.04 Å². The highest BCUT2D eigenvalue weighted by atomic mass is 16.4. The molecule has 1 N–H and O–H groups in total. The van der Waals surface area contributed by atoms with Crippen molar-refractivity contribution in [2.45, 2.75) is 64.5 Å². The Hall–Kier alpha value is -0.570. The summed E-state index contributed by atoms with van der Waals surface area (Å²) in [6.07, 6.45) is 6.91. The molecular formula is C14H25NO2. The van der Waals surface area contributed by atoms with Crippen molar-refractivity contribution in [3.8, 4) is 0 Å². The second-order valence-electron chi connectivity index (χ2n) is 6.03. The van der Waals surface area contributed by atoms with Crippen LogP contribution >= 0.6 is 0 Å². The molecule has 0 radical (unpaired) electrons. The molecule has 2 aliphatic carbocycles. The molecule has 0 amide bonds.